The zero-order valence-corrected chi connectivity index (χ0v) is 12.5. The van der Waals surface area contributed by atoms with E-state index in [1.807, 2.05) is 0 Å². The molecule has 1 amide bonds. The second kappa shape index (κ2) is 6.95. The highest BCUT2D eigenvalue weighted by Gasteiger charge is 2.18. The lowest BCUT2D eigenvalue weighted by Crippen LogP contribution is -2.32. The van der Waals surface area contributed by atoms with Crippen LogP contribution in [0.2, 0.25) is 5.02 Å². The molecule has 2 rings (SSSR count). The lowest BCUT2D eigenvalue weighted by atomic mass is 9.94. The van der Waals surface area contributed by atoms with Crippen LogP contribution >= 0.6 is 11.6 Å². The van der Waals surface area contributed by atoms with E-state index in [9.17, 15) is 9.90 Å². The van der Waals surface area contributed by atoms with Gasteiger partial charge in [-0.2, -0.15) is 0 Å². The van der Waals surface area contributed by atoms with Gasteiger partial charge in [0.05, 0.1) is 10.6 Å². The molecule has 110 valence electrons. The van der Waals surface area contributed by atoms with Crippen molar-refractivity contribution in [3.05, 3.63) is 28.8 Å². The van der Waals surface area contributed by atoms with Crippen molar-refractivity contribution in [1.82, 2.24) is 10.2 Å². The summed E-state index contributed by atoms with van der Waals surface area (Å²) in [6, 6.07) is 4.45. The van der Waals surface area contributed by atoms with Crippen molar-refractivity contribution in [2.75, 3.05) is 26.7 Å². The number of hydrogen-bond acceptors (Lipinski definition) is 3. The molecule has 4 nitrogen and oxygen atoms in total. The molecule has 2 N–H and O–H groups in total. The molecular formula is C15H21ClN2O2. The van der Waals surface area contributed by atoms with E-state index in [-0.39, 0.29) is 11.7 Å². The van der Waals surface area contributed by atoms with E-state index >= 15 is 0 Å². The van der Waals surface area contributed by atoms with Crippen molar-refractivity contribution >= 4 is 17.5 Å². The summed E-state index contributed by atoms with van der Waals surface area (Å²) in [6.45, 7) is 2.86. The third-order valence-corrected chi connectivity index (χ3v) is 4.19. The van der Waals surface area contributed by atoms with Gasteiger partial charge in [0.1, 0.15) is 5.75 Å². The number of nitrogens with one attached hydrogen (secondary N) is 1. The molecule has 20 heavy (non-hydrogen) atoms. The molecule has 0 aromatic heterocycles. The van der Waals surface area contributed by atoms with Crippen LogP contribution in [0.5, 0.6) is 5.75 Å². The van der Waals surface area contributed by atoms with E-state index in [2.05, 4.69) is 5.32 Å². The monoisotopic (exact) mass is 296 g/mol. The van der Waals surface area contributed by atoms with Gasteiger partial charge >= 0.3 is 0 Å². The molecule has 0 unspecified atom stereocenters. The van der Waals surface area contributed by atoms with Crippen LogP contribution in [0, 0.1) is 5.92 Å². The summed E-state index contributed by atoms with van der Waals surface area (Å²) in [5.41, 5.74) is 0.361. The molecule has 1 heterocycles. The Morgan fingerprint density at radius 1 is 1.45 bits per heavy atom. The molecule has 0 bridgehead atoms. The van der Waals surface area contributed by atoms with Crippen molar-refractivity contribution in [3.63, 3.8) is 0 Å². The largest absolute Gasteiger partial charge is 0.508 e. The lowest BCUT2D eigenvalue weighted by molar-refractivity contribution is 0.0784. The Kier molecular flexibility index (Phi) is 5.26. The van der Waals surface area contributed by atoms with E-state index in [4.69, 9.17) is 11.6 Å². The first-order valence-electron chi connectivity index (χ1n) is 7.02. The number of rotatable bonds is 4. The first-order chi connectivity index (χ1) is 9.58. The maximum absolute atomic E-state index is 12.3. The summed E-state index contributed by atoms with van der Waals surface area (Å²) in [5.74, 6) is 0.607. The molecule has 1 aliphatic heterocycles. The van der Waals surface area contributed by atoms with E-state index in [0.717, 1.165) is 26.1 Å². The minimum atomic E-state index is -0.139. The fraction of sp³-hybridized carbons (Fsp3) is 0.533. The van der Waals surface area contributed by atoms with Gasteiger partial charge in [0.2, 0.25) is 0 Å². The van der Waals surface area contributed by atoms with Gasteiger partial charge in [-0.1, -0.05) is 11.6 Å². The number of phenols is 1. The van der Waals surface area contributed by atoms with Crippen LogP contribution in [-0.2, 0) is 0 Å². The van der Waals surface area contributed by atoms with Crippen molar-refractivity contribution in [2.45, 2.75) is 19.3 Å². The number of benzene rings is 1. The van der Waals surface area contributed by atoms with Crippen LogP contribution in [0.25, 0.3) is 0 Å². The number of aromatic hydroxyl groups is 1. The predicted molar refractivity (Wildman–Crippen MR) is 80.3 cm³/mol. The summed E-state index contributed by atoms with van der Waals surface area (Å²) in [6.07, 6.45) is 3.37. The Bertz CT molecular complexity index is 473. The van der Waals surface area contributed by atoms with E-state index < -0.39 is 0 Å². The molecule has 1 aliphatic rings. The van der Waals surface area contributed by atoms with Crippen LogP contribution in [0.1, 0.15) is 29.6 Å². The van der Waals surface area contributed by atoms with Crippen LogP contribution in [0.4, 0.5) is 0 Å². The van der Waals surface area contributed by atoms with Gasteiger partial charge in [-0.15, -0.1) is 0 Å². The normalized spacial score (nSPS) is 16.1. The Morgan fingerprint density at radius 3 is 2.85 bits per heavy atom. The highest BCUT2D eigenvalue weighted by molar-refractivity contribution is 6.33. The Balaban J connectivity index is 1.92. The SMILES string of the molecule is CN(CCC1CCNCC1)C(=O)c1cc(O)ccc1Cl. The average molecular weight is 297 g/mol. The standard InChI is InChI=1S/C15H21ClN2O2/c1-18(9-6-11-4-7-17-8-5-11)15(20)13-10-12(19)2-3-14(13)16/h2-3,10-11,17,19H,4-9H2,1H3. The molecule has 1 aromatic rings. The molecule has 1 saturated heterocycles. The van der Waals surface area contributed by atoms with Crippen LogP contribution in [0.15, 0.2) is 18.2 Å². The van der Waals surface area contributed by atoms with Gasteiger partial charge in [-0.3, -0.25) is 4.79 Å². The molecule has 1 aromatic carbocycles. The summed E-state index contributed by atoms with van der Waals surface area (Å²) in [7, 11) is 1.78. The zero-order valence-electron chi connectivity index (χ0n) is 11.7. The lowest BCUT2D eigenvalue weighted by Gasteiger charge is -2.25. The molecule has 0 saturated carbocycles. The van der Waals surface area contributed by atoms with Gasteiger partial charge in [0.15, 0.2) is 0 Å². The highest BCUT2D eigenvalue weighted by atomic mass is 35.5. The Morgan fingerprint density at radius 2 is 2.15 bits per heavy atom. The maximum Gasteiger partial charge on any atom is 0.255 e. The summed E-state index contributed by atoms with van der Waals surface area (Å²) < 4.78 is 0. The maximum atomic E-state index is 12.3. The number of phenolic OH excluding ortho intramolecular Hbond substituents is 1. The first-order valence-corrected chi connectivity index (χ1v) is 7.40. The number of amides is 1. The Labute approximate surface area is 124 Å². The van der Waals surface area contributed by atoms with Crippen molar-refractivity contribution in [1.29, 1.82) is 0 Å². The minimum Gasteiger partial charge on any atom is -0.508 e. The van der Waals surface area contributed by atoms with Gasteiger partial charge < -0.3 is 15.3 Å². The van der Waals surface area contributed by atoms with Gasteiger partial charge in [-0.25, -0.2) is 0 Å². The molecule has 1 fully saturated rings. The van der Waals surface area contributed by atoms with Crippen LogP contribution in [-0.4, -0.2) is 42.6 Å². The summed E-state index contributed by atoms with van der Waals surface area (Å²) >= 11 is 6.02. The molecule has 0 radical (unpaired) electrons. The van der Waals surface area contributed by atoms with Gasteiger partial charge in [0.25, 0.3) is 5.91 Å². The molecule has 0 atom stereocenters. The fourth-order valence-electron chi connectivity index (χ4n) is 2.53. The summed E-state index contributed by atoms with van der Waals surface area (Å²) in [5, 5.41) is 13.2. The van der Waals surface area contributed by atoms with Gasteiger partial charge in [0, 0.05) is 13.6 Å². The van der Waals surface area contributed by atoms with E-state index in [1.165, 1.54) is 25.0 Å². The number of halogens is 1. The number of hydrogen-bond donors (Lipinski definition) is 2. The first kappa shape index (κ1) is 15.1. The van der Waals surface area contributed by atoms with E-state index in [0.29, 0.717) is 16.5 Å². The molecule has 5 heteroatoms. The van der Waals surface area contributed by atoms with Gasteiger partial charge in [-0.05, 0) is 56.5 Å². The Hall–Kier alpha value is -1.26. The number of piperidine rings is 1. The quantitative estimate of drug-likeness (QED) is 0.897. The fourth-order valence-corrected chi connectivity index (χ4v) is 2.73. The average Bonchev–Trinajstić information content (AvgIpc) is 2.47. The smallest absolute Gasteiger partial charge is 0.255 e. The topological polar surface area (TPSA) is 52.6 Å². The number of carbonyl (C=O) groups excluding carboxylic acids is 1. The molecular weight excluding hydrogens is 276 g/mol. The second-order valence-corrected chi connectivity index (χ2v) is 5.78. The van der Waals surface area contributed by atoms with Crippen molar-refractivity contribution in [3.8, 4) is 5.75 Å². The molecule has 0 spiro atoms. The van der Waals surface area contributed by atoms with Crippen LogP contribution < -0.4 is 5.32 Å². The third kappa shape index (κ3) is 3.87. The number of nitrogens with zero attached hydrogens (tertiary/aromatic N) is 1. The third-order valence-electron chi connectivity index (χ3n) is 3.86. The summed E-state index contributed by atoms with van der Waals surface area (Å²) in [4.78, 5) is 14.0. The number of carbonyl (C=O) groups is 1. The second-order valence-electron chi connectivity index (χ2n) is 5.37. The van der Waals surface area contributed by atoms with E-state index in [1.54, 1.807) is 18.0 Å². The minimum absolute atomic E-state index is 0.0597. The van der Waals surface area contributed by atoms with Crippen LogP contribution in [0.3, 0.4) is 0 Å². The van der Waals surface area contributed by atoms with Crippen molar-refractivity contribution < 1.29 is 9.90 Å². The highest BCUT2D eigenvalue weighted by Crippen LogP contribution is 2.23. The molecule has 0 aliphatic carbocycles. The zero-order chi connectivity index (χ0) is 14.5. The van der Waals surface area contributed by atoms with Crippen molar-refractivity contribution in [2.24, 2.45) is 5.92 Å². The predicted octanol–water partition coefficient (Wildman–Crippen LogP) is 2.51.